The summed E-state index contributed by atoms with van der Waals surface area (Å²) in [4.78, 5) is 37.2. The summed E-state index contributed by atoms with van der Waals surface area (Å²) in [5.41, 5.74) is 7.00. The number of amides is 2. The monoisotopic (exact) mass is 381 g/mol. The molecule has 0 aromatic heterocycles. The summed E-state index contributed by atoms with van der Waals surface area (Å²) in [5, 5.41) is 20.7. The molecule has 0 saturated carbocycles. The molecule has 0 aliphatic carbocycles. The Hall–Kier alpha value is -2.56. The molecular weight excluding hydrogens is 362 g/mol. The molecule has 0 radical (unpaired) electrons. The van der Waals surface area contributed by atoms with Crippen molar-refractivity contribution in [3.8, 4) is 5.75 Å². The van der Waals surface area contributed by atoms with E-state index >= 15 is 0 Å². The number of aliphatic carboxylic acids is 1. The van der Waals surface area contributed by atoms with Gasteiger partial charge >= 0.3 is 5.97 Å². The molecule has 1 fully saturated rings. The highest BCUT2D eigenvalue weighted by Gasteiger charge is 2.53. The van der Waals surface area contributed by atoms with Crippen molar-refractivity contribution in [1.29, 1.82) is 0 Å². The summed E-state index contributed by atoms with van der Waals surface area (Å²) in [6.45, 7) is 1.67. The molecule has 0 unspecified atom stereocenters. The summed E-state index contributed by atoms with van der Waals surface area (Å²) in [6, 6.07) is 4.09. The minimum absolute atomic E-state index is 0. The second kappa shape index (κ2) is 7.36. The van der Waals surface area contributed by atoms with Crippen molar-refractivity contribution >= 4 is 29.5 Å². The average molecular weight is 381 g/mol. The molecule has 0 spiro atoms. The van der Waals surface area contributed by atoms with E-state index in [2.05, 4.69) is 5.32 Å². The number of carbonyl (C=O) groups excluding carboxylic acids is 2. The van der Waals surface area contributed by atoms with Gasteiger partial charge in [0.15, 0.2) is 0 Å². The van der Waals surface area contributed by atoms with Crippen molar-refractivity contribution < 1.29 is 30.1 Å². The van der Waals surface area contributed by atoms with E-state index < -0.39 is 35.2 Å². The number of fused-ring (bicyclic) bond motifs is 1. The zero-order chi connectivity index (χ0) is 18.3. The van der Waals surface area contributed by atoms with Crippen LogP contribution < -0.4 is 11.1 Å². The molecule has 3 rings (SSSR count). The topological polar surface area (TPSA) is 164 Å². The van der Waals surface area contributed by atoms with Crippen LogP contribution >= 0.6 is 11.8 Å². The first-order chi connectivity index (χ1) is 11.8. The molecule has 2 amide bonds. The first-order valence-electron chi connectivity index (χ1n) is 7.54. The van der Waals surface area contributed by atoms with Gasteiger partial charge in [-0.1, -0.05) is 12.1 Å². The fourth-order valence-corrected chi connectivity index (χ4v) is 4.14. The molecule has 26 heavy (non-hydrogen) atoms. The molecule has 1 aromatic carbocycles. The number of rotatable bonds is 4. The van der Waals surface area contributed by atoms with E-state index in [0.29, 0.717) is 16.9 Å². The van der Waals surface area contributed by atoms with Gasteiger partial charge in [-0.05, 0) is 30.2 Å². The number of carboxylic acids is 1. The Morgan fingerprint density at radius 3 is 2.54 bits per heavy atom. The van der Waals surface area contributed by atoms with Crippen molar-refractivity contribution in [3.05, 3.63) is 41.1 Å². The zero-order valence-corrected chi connectivity index (χ0v) is 14.6. The normalized spacial score (nSPS) is 22.7. The third kappa shape index (κ3) is 3.26. The Labute approximate surface area is 153 Å². The van der Waals surface area contributed by atoms with Crippen molar-refractivity contribution in [2.45, 2.75) is 24.4 Å². The highest BCUT2D eigenvalue weighted by atomic mass is 32.2. The average Bonchev–Trinajstić information content (AvgIpc) is 2.58. The van der Waals surface area contributed by atoms with Gasteiger partial charge in [-0.3, -0.25) is 14.5 Å². The molecule has 10 heteroatoms. The lowest BCUT2D eigenvalue weighted by Crippen LogP contribution is -2.71. The summed E-state index contributed by atoms with van der Waals surface area (Å²) in [5.74, 6) is -1.61. The van der Waals surface area contributed by atoms with Gasteiger partial charge in [0.2, 0.25) is 5.91 Å². The lowest BCUT2D eigenvalue weighted by molar-refractivity contribution is -0.150. The van der Waals surface area contributed by atoms with Crippen molar-refractivity contribution in [3.63, 3.8) is 0 Å². The predicted octanol–water partition coefficient (Wildman–Crippen LogP) is -0.674. The Balaban J connectivity index is 0.00000243. The van der Waals surface area contributed by atoms with Gasteiger partial charge in [-0.15, -0.1) is 11.8 Å². The second-order valence-electron chi connectivity index (χ2n) is 5.90. The molecule has 0 bridgehead atoms. The number of hydrogen-bond acceptors (Lipinski definition) is 6. The molecule has 7 N–H and O–H groups in total. The molecule has 1 aromatic rings. The number of carbonyl (C=O) groups is 3. The van der Waals surface area contributed by atoms with E-state index in [0.717, 1.165) is 0 Å². The van der Waals surface area contributed by atoms with Crippen LogP contribution in [0.4, 0.5) is 0 Å². The van der Waals surface area contributed by atoms with Crippen LogP contribution in [0.25, 0.3) is 0 Å². The lowest BCUT2D eigenvalue weighted by atomic mass is 10.0. The fourth-order valence-electron chi connectivity index (χ4n) is 2.85. The van der Waals surface area contributed by atoms with Crippen LogP contribution in [0, 0.1) is 0 Å². The maximum Gasteiger partial charge on any atom is 0.352 e. The number of thioether (sulfide) groups is 1. The van der Waals surface area contributed by atoms with Gasteiger partial charge in [0.05, 0.1) is 0 Å². The smallest absolute Gasteiger partial charge is 0.352 e. The standard InChI is InChI=1S/C16H17N3O5S.H2O/c1-7-6-25-15-11(14(22)19(15)12(7)16(23)24)18-13(21)10(17)8-2-4-9(20)5-3-8;/h2-5,10-11,15,20H,6,17H2,1H3,(H,18,21)(H,23,24);1H2/t10-,11-,15+;/m1./s1. The summed E-state index contributed by atoms with van der Waals surface area (Å²) in [6.07, 6.45) is 0. The van der Waals surface area contributed by atoms with E-state index in [4.69, 9.17) is 5.73 Å². The maximum absolute atomic E-state index is 12.3. The summed E-state index contributed by atoms with van der Waals surface area (Å²) >= 11 is 1.40. The van der Waals surface area contributed by atoms with Crippen molar-refractivity contribution in [2.24, 2.45) is 5.73 Å². The SMILES string of the molecule is CC1=C(C(=O)O)N2C(=O)[C@@H](NC(=O)[C@H](N)c3ccc(O)cc3)[C@@H]2SC1.O. The number of nitrogens with zero attached hydrogens (tertiary/aromatic N) is 1. The van der Waals surface area contributed by atoms with Crippen LogP contribution in [0.2, 0.25) is 0 Å². The molecule has 3 atom stereocenters. The maximum atomic E-state index is 12.3. The Morgan fingerprint density at radius 1 is 1.35 bits per heavy atom. The number of benzene rings is 1. The van der Waals surface area contributed by atoms with Crippen LogP contribution in [0.5, 0.6) is 5.75 Å². The predicted molar refractivity (Wildman–Crippen MR) is 94.0 cm³/mol. The number of hydrogen-bond donors (Lipinski definition) is 4. The van der Waals surface area contributed by atoms with Crippen LogP contribution in [-0.2, 0) is 14.4 Å². The van der Waals surface area contributed by atoms with Gasteiger partial charge in [0.25, 0.3) is 5.91 Å². The third-order valence-electron chi connectivity index (χ3n) is 4.19. The van der Waals surface area contributed by atoms with Crippen LogP contribution in [0.1, 0.15) is 18.5 Å². The molecule has 9 nitrogen and oxygen atoms in total. The Kier molecular flexibility index (Phi) is 5.59. The lowest BCUT2D eigenvalue weighted by Gasteiger charge is -2.49. The van der Waals surface area contributed by atoms with E-state index in [1.165, 1.54) is 40.9 Å². The van der Waals surface area contributed by atoms with Gasteiger partial charge in [-0.25, -0.2) is 4.79 Å². The summed E-state index contributed by atoms with van der Waals surface area (Å²) < 4.78 is 0. The third-order valence-corrected chi connectivity index (χ3v) is 5.62. The highest BCUT2D eigenvalue weighted by molar-refractivity contribution is 8.00. The zero-order valence-electron chi connectivity index (χ0n) is 13.8. The van der Waals surface area contributed by atoms with Gasteiger partial charge in [0.1, 0.15) is 28.9 Å². The Morgan fingerprint density at radius 2 is 1.96 bits per heavy atom. The van der Waals surface area contributed by atoms with Crippen LogP contribution in [0.3, 0.4) is 0 Å². The van der Waals surface area contributed by atoms with Crippen LogP contribution in [-0.4, -0.2) is 55.5 Å². The molecule has 1 saturated heterocycles. The Bertz CT molecular complexity index is 779. The van der Waals surface area contributed by atoms with E-state index in [9.17, 15) is 24.6 Å². The molecule has 2 aliphatic heterocycles. The minimum Gasteiger partial charge on any atom is -0.508 e. The summed E-state index contributed by atoms with van der Waals surface area (Å²) in [7, 11) is 0. The van der Waals surface area contributed by atoms with E-state index in [1.807, 2.05) is 0 Å². The number of phenols is 1. The second-order valence-corrected chi connectivity index (χ2v) is 7.00. The number of carboxylic acid groups (broad SMARTS) is 1. The van der Waals surface area contributed by atoms with Gasteiger partial charge < -0.3 is 26.7 Å². The van der Waals surface area contributed by atoms with Crippen molar-refractivity contribution in [2.75, 3.05) is 5.75 Å². The van der Waals surface area contributed by atoms with E-state index in [-0.39, 0.29) is 16.9 Å². The number of phenolic OH excluding ortho intramolecular Hbond substituents is 1. The highest BCUT2D eigenvalue weighted by Crippen LogP contribution is 2.40. The van der Waals surface area contributed by atoms with Gasteiger partial charge in [-0.2, -0.15) is 0 Å². The quantitative estimate of drug-likeness (QED) is 0.502. The van der Waals surface area contributed by atoms with Crippen molar-refractivity contribution in [1.82, 2.24) is 10.2 Å². The molecule has 2 aliphatic rings. The van der Waals surface area contributed by atoms with Gasteiger partial charge in [0, 0.05) is 5.75 Å². The number of nitrogens with one attached hydrogen (secondary N) is 1. The number of β-lactam (4-membered cyclic amide) rings is 1. The number of nitrogens with two attached hydrogens (primary N) is 1. The molecular formula is C16H19N3O6S. The minimum atomic E-state index is -1.15. The molecule has 2 heterocycles. The first-order valence-corrected chi connectivity index (χ1v) is 8.58. The fraction of sp³-hybridized carbons (Fsp3) is 0.312. The number of aromatic hydroxyl groups is 1. The largest absolute Gasteiger partial charge is 0.508 e. The first kappa shape index (κ1) is 19.8. The van der Waals surface area contributed by atoms with E-state index in [1.54, 1.807) is 6.92 Å². The van der Waals surface area contributed by atoms with Crippen LogP contribution in [0.15, 0.2) is 35.5 Å². The molecule has 140 valence electrons.